The number of hydrogen-bond acceptors (Lipinski definition) is 2. The molecule has 1 heterocycles. The molecule has 0 bridgehead atoms. The predicted molar refractivity (Wildman–Crippen MR) is 76.7 cm³/mol. The van der Waals surface area contributed by atoms with Gasteiger partial charge in [0.05, 0.1) is 11.1 Å². The molecule has 96 valence electrons. The van der Waals surface area contributed by atoms with Crippen LogP contribution in [-0.4, -0.2) is 12.3 Å². The number of fused-ring (bicyclic) bond motifs is 1. The van der Waals surface area contributed by atoms with Gasteiger partial charge in [0.25, 0.3) is 0 Å². The fourth-order valence-electron chi connectivity index (χ4n) is 2.56. The molecular weight excluding hydrogens is 258 g/mol. The van der Waals surface area contributed by atoms with E-state index in [0.29, 0.717) is 10.6 Å². The van der Waals surface area contributed by atoms with Gasteiger partial charge in [0.1, 0.15) is 0 Å². The maximum Gasteiger partial charge on any atom is 0.185 e. The van der Waals surface area contributed by atoms with E-state index in [1.54, 1.807) is 12.1 Å². The first-order valence-electron chi connectivity index (χ1n) is 6.37. The first-order chi connectivity index (χ1) is 9.27. The normalized spacial score (nSPS) is 17.8. The Balaban J connectivity index is 2.00. The van der Waals surface area contributed by atoms with Crippen molar-refractivity contribution in [2.75, 3.05) is 6.54 Å². The first kappa shape index (κ1) is 12.4. The van der Waals surface area contributed by atoms with Crippen molar-refractivity contribution < 1.29 is 4.79 Å². The largest absolute Gasteiger partial charge is 0.303 e. The van der Waals surface area contributed by atoms with Crippen LogP contribution >= 0.6 is 11.6 Å². The molecular formula is C16H14ClNO. The van der Waals surface area contributed by atoms with Crippen LogP contribution in [0.2, 0.25) is 5.02 Å². The molecule has 3 heteroatoms. The second-order valence-electron chi connectivity index (χ2n) is 4.68. The molecule has 0 aromatic heterocycles. The molecule has 1 aliphatic heterocycles. The van der Waals surface area contributed by atoms with E-state index in [1.807, 2.05) is 30.3 Å². The van der Waals surface area contributed by atoms with Gasteiger partial charge in [-0.15, -0.1) is 0 Å². The molecule has 2 aromatic carbocycles. The maximum atomic E-state index is 12.6. The van der Waals surface area contributed by atoms with Gasteiger partial charge in [-0.05, 0) is 29.7 Å². The highest BCUT2D eigenvalue weighted by Gasteiger charge is 2.27. The van der Waals surface area contributed by atoms with Crippen molar-refractivity contribution in [3.05, 3.63) is 70.2 Å². The van der Waals surface area contributed by atoms with Crippen molar-refractivity contribution >= 4 is 17.4 Å². The van der Waals surface area contributed by atoms with Crippen LogP contribution in [0.15, 0.2) is 48.5 Å². The number of carbonyl (C=O) groups excluding carboxylic acids is 1. The molecule has 1 atom stereocenters. The minimum atomic E-state index is -0.287. The molecule has 0 aliphatic carbocycles. The quantitative estimate of drug-likeness (QED) is 0.848. The van der Waals surface area contributed by atoms with E-state index in [2.05, 4.69) is 11.4 Å². The Bertz CT molecular complexity index is 624. The minimum absolute atomic E-state index is 0.0396. The standard InChI is InChI=1S/C16H14ClNO/c17-14-8-4-3-7-13(14)16(19)15-12-6-2-1-5-11(12)9-10-18-15/h1-8,15,18H,9-10H2. The highest BCUT2D eigenvalue weighted by molar-refractivity contribution is 6.34. The van der Waals surface area contributed by atoms with E-state index in [9.17, 15) is 4.79 Å². The highest BCUT2D eigenvalue weighted by atomic mass is 35.5. The van der Waals surface area contributed by atoms with E-state index < -0.39 is 0 Å². The Hall–Kier alpha value is -1.64. The summed E-state index contributed by atoms with van der Waals surface area (Å²) in [6.45, 7) is 0.817. The summed E-state index contributed by atoms with van der Waals surface area (Å²) < 4.78 is 0. The van der Waals surface area contributed by atoms with Gasteiger partial charge in [-0.1, -0.05) is 48.0 Å². The molecule has 0 amide bonds. The molecule has 1 unspecified atom stereocenters. The average molecular weight is 272 g/mol. The lowest BCUT2D eigenvalue weighted by atomic mass is 9.89. The van der Waals surface area contributed by atoms with Gasteiger partial charge in [-0.25, -0.2) is 0 Å². The fourth-order valence-corrected chi connectivity index (χ4v) is 2.78. The van der Waals surface area contributed by atoms with Gasteiger partial charge in [-0.2, -0.15) is 0 Å². The second-order valence-corrected chi connectivity index (χ2v) is 5.09. The molecule has 1 aliphatic rings. The van der Waals surface area contributed by atoms with Gasteiger partial charge < -0.3 is 5.32 Å². The summed E-state index contributed by atoms with van der Waals surface area (Å²) in [7, 11) is 0. The third kappa shape index (κ3) is 2.29. The summed E-state index contributed by atoms with van der Waals surface area (Å²) in [5.74, 6) is 0.0396. The number of hydrogen-bond donors (Lipinski definition) is 1. The molecule has 0 radical (unpaired) electrons. The van der Waals surface area contributed by atoms with Gasteiger partial charge in [-0.3, -0.25) is 4.79 Å². The summed E-state index contributed by atoms with van der Waals surface area (Å²) in [5.41, 5.74) is 2.89. The zero-order valence-electron chi connectivity index (χ0n) is 10.4. The van der Waals surface area contributed by atoms with Crippen LogP contribution in [-0.2, 0) is 6.42 Å². The summed E-state index contributed by atoms with van der Waals surface area (Å²) >= 11 is 6.12. The van der Waals surface area contributed by atoms with Gasteiger partial charge in [0.2, 0.25) is 0 Å². The highest BCUT2D eigenvalue weighted by Crippen LogP contribution is 2.28. The lowest BCUT2D eigenvalue weighted by Crippen LogP contribution is -2.35. The van der Waals surface area contributed by atoms with Crippen LogP contribution in [0, 0.1) is 0 Å². The Morgan fingerprint density at radius 3 is 2.68 bits per heavy atom. The SMILES string of the molecule is O=C(c1ccccc1Cl)C1NCCc2ccccc21. The van der Waals surface area contributed by atoms with Crippen LogP contribution in [0.3, 0.4) is 0 Å². The minimum Gasteiger partial charge on any atom is -0.303 e. The van der Waals surface area contributed by atoms with E-state index in [4.69, 9.17) is 11.6 Å². The molecule has 3 rings (SSSR count). The topological polar surface area (TPSA) is 29.1 Å². The van der Waals surface area contributed by atoms with Crippen LogP contribution in [0.4, 0.5) is 0 Å². The van der Waals surface area contributed by atoms with Gasteiger partial charge >= 0.3 is 0 Å². The lowest BCUT2D eigenvalue weighted by Gasteiger charge is -2.26. The Morgan fingerprint density at radius 1 is 1.11 bits per heavy atom. The molecule has 0 saturated heterocycles. The average Bonchev–Trinajstić information content (AvgIpc) is 2.46. The van der Waals surface area contributed by atoms with Crippen LogP contribution in [0.5, 0.6) is 0 Å². The van der Waals surface area contributed by atoms with E-state index >= 15 is 0 Å². The van der Waals surface area contributed by atoms with Crippen molar-refractivity contribution in [2.45, 2.75) is 12.5 Å². The molecule has 1 N–H and O–H groups in total. The van der Waals surface area contributed by atoms with Crippen molar-refractivity contribution in [3.63, 3.8) is 0 Å². The number of nitrogens with one attached hydrogen (secondary N) is 1. The number of rotatable bonds is 2. The number of ketones is 1. The predicted octanol–water partition coefficient (Wildman–Crippen LogP) is 3.41. The number of carbonyl (C=O) groups is 1. The van der Waals surface area contributed by atoms with E-state index in [1.165, 1.54) is 5.56 Å². The van der Waals surface area contributed by atoms with Crippen molar-refractivity contribution in [1.82, 2.24) is 5.32 Å². The molecule has 19 heavy (non-hydrogen) atoms. The van der Waals surface area contributed by atoms with Crippen LogP contribution < -0.4 is 5.32 Å². The summed E-state index contributed by atoms with van der Waals surface area (Å²) in [6, 6.07) is 15.0. The Kier molecular flexibility index (Phi) is 3.36. The third-order valence-electron chi connectivity index (χ3n) is 3.51. The summed E-state index contributed by atoms with van der Waals surface area (Å²) in [4.78, 5) is 12.6. The lowest BCUT2D eigenvalue weighted by molar-refractivity contribution is 0.0939. The monoisotopic (exact) mass is 271 g/mol. The maximum absolute atomic E-state index is 12.6. The van der Waals surface area contributed by atoms with Crippen molar-refractivity contribution in [2.24, 2.45) is 0 Å². The number of halogens is 1. The molecule has 2 aromatic rings. The van der Waals surface area contributed by atoms with E-state index in [-0.39, 0.29) is 11.8 Å². The first-order valence-corrected chi connectivity index (χ1v) is 6.75. The zero-order valence-corrected chi connectivity index (χ0v) is 11.2. The van der Waals surface area contributed by atoms with Gasteiger partial charge in [0.15, 0.2) is 5.78 Å². The van der Waals surface area contributed by atoms with Crippen molar-refractivity contribution in [1.29, 1.82) is 0 Å². The van der Waals surface area contributed by atoms with E-state index in [0.717, 1.165) is 18.5 Å². The Labute approximate surface area is 117 Å². The van der Waals surface area contributed by atoms with Crippen LogP contribution in [0.1, 0.15) is 27.5 Å². The fraction of sp³-hybridized carbons (Fsp3) is 0.188. The zero-order chi connectivity index (χ0) is 13.2. The molecule has 0 spiro atoms. The third-order valence-corrected chi connectivity index (χ3v) is 3.84. The number of Topliss-reactive ketones (excluding diaryl/α,β-unsaturated/α-hetero) is 1. The summed E-state index contributed by atoms with van der Waals surface area (Å²) in [5, 5.41) is 3.80. The Morgan fingerprint density at radius 2 is 1.84 bits per heavy atom. The van der Waals surface area contributed by atoms with Gasteiger partial charge in [0, 0.05) is 12.1 Å². The second kappa shape index (κ2) is 5.16. The van der Waals surface area contributed by atoms with Crippen molar-refractivity contribution in [3.8, 4) is 0 Å². The molecule has 0 saturated carbocycles. The van der Waals surface area contributed by atoms with Crippen LogP contribution in [0.25, 0.3) is 0 Å². The smallest absolute Gasteiger partial charge is 0.185 e. The number of benzene rings is 2. The molecule has 2 nitrogen and oxygen atoms in total. The molecule has 0 fully saturated rings. The summed E-state index contributed by atoms with van der Waals surface area (Å²) in [6.07, 6.45) is 0.961.